The van der Waals surface area contributed by atoms with Gasteiger partial charge in [-0.25, -0.2) is 9.59 Å². The molecule has 7 nitrogen and oxygen atoms in total. The van der Waals surface area contributed by atoms with E-state index in [2.05, 4.69) is 10.1 Å². The fourth-order valence-electron chi connectivity index (χ4n) is 1.69. The SMILES string of the molecule is COC(=O)COc1ccc(C=C2C(=O)NC(=O)N2C)cc1. The lowest BCUT2D eigenvalue weighted by Crippen LogP contribution is -2.24. The van der Waals surface area contributed by atoms with Gasteiger partial charge in [0, 0.05) is 7.05 Å². The zero-order chi connectivity index (χ0) is 15.4. The number of carbonyl (C=O) groups excluding carboxylic acids is 3. The Morgan fingerprint density at radius 1 is 1.29 bits per heavy atom. The van der Waals surface area contributed by atoms with Crippen LogP contribution < -0.4 is 10.1 Å². The van der Waals surface area contributed by atoms with E-state index in [4.69, 9.17) is 4.74 Å². The molecule has 1 aliphatic rings. The van der Waals surface area contributed by atoms with E-state index in [0.717, 1.165) is 5.56 Å². The summed E-state index contributed by atoms with van der Waals surface area (Å²) in [5.74, 6) is -0.402. The number of methoxy groups -OCH3 is 1. The molecule has 0 aliphatic carbocycles. The first-order valence-electron chi connectivity index (χ1n) is 6.11. The number of likely N-dealkylation sites (N-methyl/N-ethyl adjacent to an activating group) is 1. The Labute approximate surface area is 121 Å². The van der Waals surface area contributed by atoms with E-state index >= 15 is 0 Å². The predicted octanol–water partition coefficient (Wildman–Crippen LogP) is 0.761. The first kappa shape index (κ1) is 14.6. The van der Waals surface area contributed by atoms with Gasteiger partial charge in [-0.3, -0.25) is 15.0 Å². The van der Waals surface area contributed by atoms with Crippen LogP contribution in [0.3, 0.4) is 0 Å². The van der Waals surface area contributed by atoms with Crippen LogP contribution in [0.2, 0.25) is 0 Å². The highest BCUT2D eigenvalue weighted by Gasteiger charge is 2.29. The standard InChI is InChI=1S/C14H14N2O5/c1-16-11(13(18)15-14(16)19)7-9-3-5-10(6-4-9)21-8-12(17)20-2/h3-7H,8H2,1-2H3,(H,15,18,19). The summed E-state index contributed by atoms with van der Waals surface area (Å²) in [7, 11) is 2.80. The van der Waals surface area contributed by atoms with Gasteiger partial charge in [-0.05, 0) is 23.8 Å². The van der Waals surface area contributed by atoms with Gasteiger partial charge in [-0.1, -0.05) is 12.1 Å². The largest absolute Gasteiger partial charge is 0.482 e. The third-order valence-electron chi connectivity index (χ3n) is 2.89. The smallest absolute Gasteiger partial charge is 0.343 e. The molecule has 3 amide bonds. The van der Waals surface area contributed by atoms with Crippen molar-refractivity contribution in [2.45, 2.75) is 0 Å². The molecule has 1 heterocycles. The molecular formula is C14H14N2O5. The number of hydrogen-bond acceptors (Lipinski definition) is 5. The number of hydrogen-bond donors (Lipinski definition) is 1. The number of nitrogens with zero attached hydrogens (tertiary/aromatic N) is 1. The number of esters is 1. The van der Waals surface area contributed by atoms with Crippen LogP contribution in [0.15, 0.2) is 30.0 Å². The van der Waals surface area contributed by atoms with Gasteiger partial charge in [0.05, 0.1) is 7.11 Å². The molecule has 110 valence electrons. The third-order valence-corrected chi connectivity index (χ3v) is 2.89. The van der Waals surface area contributed by atoms with Crippen molar-refractivity contribution in [1.29, 1.82) is 0 Å². The molecule has 21 heavy (non-hydrogen) atoms. The van der Waals surface area contributed by atoms with Crippen LogP contribution in [0, 0.1) is 0 Å². The average Bonchev–Trinajstić information content (AvgIpc) is 2.72. The minimum atomic E-state index is -0.469. The Balaban J connectivity index is 2.07. The van der Waals surface area contributed by atoms with E-state index in [1.165, 1.54) is 19.1 Å². The molecule has 1 saturated heterocycles. The second-order valence-corrected chi connectivity index (χ2v) is 4.28. The van der Waals surface area contributed by atoms with E-state index in [1.54, 1.807) is 30.3 Å². The van der Waals surface area contributed by atoms with Gasteiger partial charge < -0.3 is 9.47 Å². The number of ether oxygens (including phenoxy) is 2. The molecular weight excluding hydrogens is 276 g/mol. The van der Waals surface area contributed by atoms with E-state index in [0.29, 0.717) is 5.75 Å². The van der Waals surface area contributed by atoms with Crippen molar-refractivity contribution in [3.05, 3.63) is 35.5 Å². The average molecular weight is 290 g/mol. The molecule has 1 fully saturated rings. The molecule has 0 saturated carbocycles. The first-order chi connectivity index (χ1) is 10.0. The summed E-state index contributed by atoms with van der Waals surface area (Å²) >= 11 is 0. The highest BCUT2D eigenvalue weighted by atomic mass is 16.6. The van der Waals surface area contributed by atoms with Gasteiger partial charge in [-0.2, -0.15) is 0 Å². The Kier molecular flexibility index (Phi) is 4.22. The first-order valence-corrected chi connectivity index (χ1v) is 6.11. The zero-order valence-electron chi connectivity index (χ0n) is 11.6. The van der Waals surface area contributed by atoms with Crippen molar-refractivity contribution in [3.63, 3.8) is 0 Å². The minimum absolute atomic E-state index is 0.170. The van der Waals surface area contributed by atoms with Gasteiger partial charge in [0.2, 0.25) is 0 Å². The second kappa shape index (κ2) is 6.08. The van der Waals surface area contributed by atoms with Crippen molar-refractivity contribution < 1.29 is 23.9 Å². The maximum atomic E-state index is 11.6. The van der Waals surface area contributed by atoms with Crippen molar-refractivity contribution in [2.75, 3.05) is 20.8 Å². The lowest BCUT2D eigenvalue weighted by Gasteiger charge is -2.07. The number of nitrogens with one attached hydrogen (secondary N) is 1. The Morgan fingerprint density at radius 3 is 2.48 bits per heavy atom. The van der Waals surface area contributed by atoms with Crippen molar-refractivity contribution >= 4 is 24.0 Å². The fraction of sp³-hybridized carbons (Fsp3) is 0.214. The van der Waals surface area contributed by atoms with Gasteiger partial charge in [0.25, 0.3) is 5.91 Å². The van der Waals surface area contributed by atoms with Gasteiger partial charge in [-0.15, -0.1) is 0 Å². The molecule has 2 rings (SSSR count). The number of carbonyl (C=O) groups is 3. The van der Waals surface area contributed by atoms with Crippen molar-refractivity contribution in [2.24, 2.45) is 0 Å². The molecule has 1 aromatic carbocycles. The molecule has 1 N–H and O–H groups in total. The number of amides is 3. The number of rotatable bonds is 4. The highest BCUT2D eigenvalue weighted by Crippen LogP contribution is 2.18. The van der Waals surface area contributed by atoms with Crippen molar-refractivity contribution in [3.8, 4) is 5.75 Å². The number of imide groups is 1. The highest BCUT2D eigenvalue weighted by molar-refractivity contribution is 6.13. The zero-order valence-corrected chi connectivity index (χ0v) is 11.6. The van der Waals surface area contributed by atoms with Crippen LogP contribution in [-0.4, -0.2) is 43.6 Å². The molecule has 1 aliphatic heterocycles. The van der Waals surface area contributed by atoms with E-state index in [1.807, 2.05) is 0 Å². The van der Waals surface area contributed by atoms with Crippen LogP contribution in [0.4, 0.5) is 4.79 Å². The number of urea groups is 1. The normalized spacial score (nSPS) is 16.1. The molecule has 0 atom stereocenters. The molecule has 1 aromatic rings. The Hall–Kier alpha value is -2.83. The maximum absolute atomic E-state index is 11.6. The fourth-order valence-corrected chi connectivity index (χ4v) is 1.69. The molecule has 7 heteroatoms. The van der Waals surface area contributed by atoms with Crippen LogP contribution in [0.1, 0.15) is 5.56 Å². The summed E-state index contributed by atoms with van der Waals surface area (Å²) in [6.45, 7) is -0.170. The summed E-state index contributed by atoms with van der Waals surface area (Å²) in [6.07, 6.45) is 1.59. The third kappa shape index (κ3) is 3.38. The van der Waals surface area contributed by atoms with E-state index in [9.17, 15) is 14.4 Å². The number of benzene rings is 1. The predicted molar refractivity (Wildman–Crippen MR) is 73.2 cm³/mol. The van der Waals surface area contributed by atoms with Crippen LogP contribution >= 0.6 is 0 Å². The monoisotopic (exact) mass is 290 g/mol. The maximum Gasteiger partial charge on any atom is 0.343 e. The quantitative estimate of drug-likeness (QED) is 0.503. The lowest BCUT2D eigenvalue weighted by molar-refractivity contribution is -0.142. The summed E-state index contributed by atoms with van der Waals surface area (Å²) < 4.78 is 9.67. The summed E-state index contributed by atoms with van der Waals surface area (Å²) in [5.41, 5.74) is 0.996. The summed E-state index contributed by atoms with van der Waals surface area (Å²) in [5, 5.41) is 2.19. The molecule has 0 aromatic heterocycles. The summed E-state index contributed by atoms with van der Waals surface area (Å²) in [6, 6.07) is 6.28. The topological polar surface area (TPSA) is 84.9 Å². The van der Waals surface area contributed by atoms with E-state index in [-0.39, 0.29) is 12.3 Å². The van der Waals surface area contributed by atoms with Gasteiger partial charge in [0.1, 0.15) is 11.4 Å². The molecule has 0 unspecified atom stereocenters. The lowest BCUT2D eigenvalue weighted by atomic mass is 10.2. The van der Waals surface area contributed by atoms with Crippen molar-refractivity contribution in [1.82, 2.24) is 10.2 Å². The van der Waals surface area contributed by atoms with Crippen LogP contribution in [0.5, 0.6) is 5.75 Å². The van der Waals surface area contributed by atoms with Gasteiger partial charge in [0.15, 0.2) is 6.61 Å². The minimum Gasteiger partial charge on any atom is -0.482 e. The molecule has 0 radical (unpaired) electrons. The molecule has 0 spiro atoms. The molecule has 0 bridgehead atoms. The van der Waals surface area contributed by atoms with E-state index < -0.39 is 17.9 Å². The Morgan fingerprint density at radius 2 is 1.95 bits per heavy atom. The van der Waals surface area contributed by atoms with Crippen LogP contribution in [-0.2, 0) is 14.3 Å². The second-order valence-electron chi connectivity index (χ2n) is 4.28. The van der Waals surface area contributed by atoms with Crippen LogP contribution in [0.25, 0.3) is 6.08 Å². The van der Waals surface area contributed by atoms with Gasteiger partial charge >= 0.3 is 12.0 Å². The Bertz CT molecular complexity index is 606. The summed E-state index contributed by atoms with van der Waals surface area (Å²) in [4.78, 5) is 35.1.